The van der Waals surface area contributed by atoms with Crippen LogP contribution in [0.5, 0.6) is 0 Å². The molecule has 0 radical (unpaired) electrons. The molecule has 1 fully saturated rings. The summed E-state index contributed by atoms with van der Waals surface area (Å²) in [5.41, 5.74) is 0.344. The molecule has 0 amide bonds. The molecule has 4 atom stereocenters. The van der Waals surface area contributed by atoms with Crippen molar-refractivity contribution in [3.63, 3.8) is 0 Å². The first kappa shape index (κ1) is 15.0. The molecule has 1 N–H and O–H groups in total. The number of hydrogen-bond acceptors (Lipinski definition) is 2. The summed E-state index contributed by atoms with van der Waals surface area (Å²) in [6, 6.07) is 1.35. The second kappa shape index (κ2) is 6.75. The number of hydrogen-bond donors (Lipinski definition) is 1. The fourth-order valence-electron chi connectivity index (χ4n) is 3.05. The van der Waals surface area contributed by atoms with Crippen molar-refractivity contribution < 1.29 is 4.74 Å². The lowest BCUT2D eigenvalue weighted by molar-refractivity contribution is -0.128. The molecule has 2 heteroatoms. The van der Waals surface area contributed by atoms with E-state index >= 15 is 0 Å². The normalized spacial score (nSPS) is 34.4. The highest BCUT2D eigenvalue weighted by atomic mass is 16.5. The SMILES string of the molecule is CCCC(CC)NC1CC(OCC)C1(C)CC. The van der Waals surface area contributed by atoms with Crippen LogP contribution in [0.3, 0.4) is 0 Å². The van der Waals surface area contributed by atoms with Crippen LogP contribution in [0.15, 0.2) is 0 Å². The quantitative estimate of drug-likeness (QED) is 0.699. The van der Waals surface area contributed by atoms with Crippen LogP contribution in [0, 0.1) is 5.41 Å². The van der Waals surface area contributed by atoms with Crippen LogP contribution in [0.25, 0.3) is 0 Å². The summed E-state index contributed by atoms with van der Waals surface area (Å²) in [7, 11) is 0. The van der Waals surface area contributed by atoms with Crippen molar-refractivity contribution in [1.29, 1.82) is 0 Å². The first-order valence-electron chi connectivity index (χ1n) is 7.49. The van der Waals surface area contributed by atoms with E-state index < -0.39 is 0 Å². The second-order valence-electron chi connectivity index (χ2n) is 5.65. The summed E-state index contributed by atoms with van der Waals surface area (Å²) in [4.78, 5) is 0. The maximum Gasteiger partial charge on any atom is 0.0658 e. The van der Waals surface area contributed by atoms with E-state index in [1.54, 1.807) is 0 Å². The lowest BCUT2D eigenvalue weighted by Gasteiger charge is -2.54. The second-order valence-corrected chi connectivity index (χ2v) is 5.65. The summed E-state index contributed by atoms with van der Waals surface area (Å²) >= 11 is 0. The predicted molar refractivity (Wildman–Crippen MR) is 74.3 cm³/mol. The molecule has 1 saturated carbocycles. The Labute approximate surface area is 108 Å². The molecule has 1 rings (SSSR count). The minimum absolute atomic E-state index is 0.344. The minimum atomic E-state index is 0.344. The third kappa shape index (κ3) is 3.23. The summed E-state index contributed by atoms with van der Waals surface area (Å²) < 4.78 is 5.85. The van der Waals surface area contributed by atoms with Crippen LogP contribution in [0.1, 0.15) is 66.7 Å². The van der Waals surface area contributed by atoms with Gasteiger partial charge in [0.05, 0.1) is 6.10 Å². The van der Waals surface area contributed by atoms with Crippen LogP contribution in [-0.2, 0) is 4.74 Å². The number of nitrogens with one attached hydrogen (secondary N) is 1. The fourth-order valence-corrected chi connectivity index (χ4v) is 3.05. The molecule has 1 aliphatic rings. The highest BCUT2D eigenvalue weighted by Crippen LogP contribution is 2.46. The Bertz CT molecular complexity index is 219. The van der Waals surface area contributed by atoms with Crippen molar-refractivity contribution in [3.05, 3.63) is 0 Å². The summed E-state index contributed by atoms with van der Waals surface area (Å²) in [5.74, 6) is 0. The Balaban J connectivity index is 2.50. The van der Waals surface area contributed by atoms with Gasteiger partial charge in [0, 0.05) is 24.1 Å². The molecule has 0 aromatic rings. The van der Waals surface area contributed by atoms with Crippen LogP contribution in [-0.4, -0.2) is 24.8 Å². The third-order valence-corrected chi connectivity index (χ3v) is 4.68. The van der Waals surface area contributed by atoms with Crippen LogP contribution >= 0.6 is 0 Å². The van der Waals surface area contributed by atoms with Gasteiger partial charge in [-0.2, -0.15) is 0 Å². The number of ether oxygens (including phenoxy) is 1. The van der Waals surface area contributed by atoms with E-state index in [1.165, 1.54) is 32.1 Å². The van der Waals surface area contributed by atoms with Crippen molar-refractivity contribution in [2.45, 2.75) is 84.9 Å². The van der Waals surface area contributed by atoms with Gasteiger partial charge in [0.25, 0.3) is 0 Å². The van der Waals surface area contributed by atoms with Crippen molar-refractivity contribution >= 4 is 0 Å². The Morgan fingerprint density at radius 3 is 2.47 bits per heavy atom. The molecule has 17 heavy (non-hydrogen) atoms. The topological polar surface area (TPSA) is 21.3 Å². The smallest absolute Gasteiger partial charge is 0.0658 e. The summed E-state index contributed by atoms with van der Waals surface area (Å²) in [6.07, 6.45) is 6.68. The van der Waals surface area contributed by atoms with E-state index in [1.807, 2.05) is 0 Å². The molecular formula is C15H31NO. The first-order valence-corrected chi connectivity index (χ1v) is 7.49. The molecule has 2 nitrogen and oxygen atoms in total. The van der Waals surface area contributed by atoms with Gasteiger partial charge in [0.15, 0.2) is 0 Å². The lowest BCUT2D eigenvalue weighted by Crippen LogP contribution is -2.63. The maximum atomic E-state index is 5.85. The van der Waals surface area contributed by atoms with E-state index in [0.29, 0.717) is 23.6 Å². The van der Waals surface area contributed by atoms with Gasteiger partial charge in [-0.3, -0.25) is 0 Å². The van der Waals surface area contributed by atoms with Crippen LogP contribution < -0.4 is 5.32 Å². The van der Waals surface area contributed by atoms with Crippen molar-refractivity contribution in [2.24, 2.45) is 5.41 Å². The van der Waals surface area contributed by atoms with E-state index in [9.17, 15) is 0 Å². The van der Waals surface area contributed by atoms with Gasteiger partial charge < -0.3 is 10.1 Å². The molecule has 1 aliphatic carbocycles. The zero-order valence-electron chi connectivity index (χ0n) is 12.4. The third-order valence-electron chi connectivity index (χ3n) is 4.68. The Morgan fingerprint density at radius 2 is 2.00 bits per heavy atom. The first-order chi connectivity index (χ1) is 8.12. The highest BCUT2D eigenvalue weighted by Gasteiger charge is 2.51. The molecule has 0 heterocycles. The zero-order valence-corrected chi connectivity index (χ0v) is 12.4. The Kier molecular flexibility index (Phi) is 5.94. The molecule has 4 unspecified atom stereocenters. The van der Waals surface area contributed by atoms with Crippen molar-refractivity contribution in [1.82, 2.24) is 5.32 Å². The van der Waals surface area contributed by atoms with E-state index in [4.69, 9.17) is 4.74 Å². The molecular weight excluding hydrogens is 210 g/mol. The molecule has 102 valence electrons. The van der Waals surface area contributed by atoms with Gasteiger partial charge in [0.2, 0.25) is 0 Å². The van der Waals surface area contributed by atoms with Crippen LogP contribution in [0.2, 0.25) is 0 Å². The van der Waals surface area contributed by atoms with E-state index in [0.717, 1.165) is 6.61 Å². The van der Waals surface area contributed by atoms with E-state index in [-0.39, 0.29) is 0 Å². The summed E-state index contributed by atoms with van der Waals surface area (Å²) in [6.45, 7) is 12.2. The van der Waals surface area contributed by atoms with Crippen molar-refractivity contribution in [3.8, 4) is 0 Å². The van der Waals surface area contributed by atoms with Gasteiger partial charge in [-0.25, -0.2) is 0 Å². The molecule has 0 bridgehead atoms. The number of rotatable bonds is 8. The molecule has 0 saturated heterocycles. The zero-order chi connectivity index (χ0) is 12.9. The highest BCUT2D eigenvalue weighted by molar-refractivity contribution is 5.05. The molecule has 0 aromatic carbocycles. The molecule has 0 spiro atoms. The largest absolute Gasteiger partial charge is 0.378 e. The average Bonchev–Trinajstić information content (AvgIpc) is 2.35. The van der Waals surface area contributed by atoms with Crippen molar-refractivity contribution in [2.75, 3.05) is 6.61 Å². The predicted octanol–water partition coefficient (Wildman–Crippen LogP) is 3.75. The molecule has 0 aromatic heterocycles. The fraction of sp³-hybridized carbons (Fsp3) is 1.00. The monoisotopic (exact) mass is 241 g/mol. The van der Waals surface area contributed by atoms with Gasteiger partial charge >= 0.3 is 0 Å². The lowest BCUT2D eigenvalue weighted by atomic mass is 9.61. The van der Waals surface area contributed by atoms with Crippen LogP contribution in [0.4, 0.5) is 0 Å². The van der Waals surface area contributed by atoms with Gasteiger partial charge in [0.1, 0.15) is 0 Å². The minimum Gasteiger partial charge on any atom is -0.378 e. The van der Waals surface area contributed by atoms with Gasteiger partial charge in [-0.15, -0.1) is 0 Å². The average molecular weight is 241 g/mol. The van der Waals surface area contributed by atoms with E-state index in [2.05, 4.69) is 39.9 Å². The Morgan fingerprint density at radius 1 is 1.29 bits per heavy atom. The van der Waals surface area contributed by atoms with Gasteiger partial charge in [-0.05, 0) is 32.6 Å². The molecule has 0 aliphatic heterocycles. The Hall–Kier alpha value is -0.0800. The van der Waals surface area contributed by atoms with Gasteiger partial charge in [-0.1, -0.05) is 34.1 Å². The summed E-state index contributed by atoms with van der Waals surface area (Å²) in [5, 5.41) is 3.85. The maximum absolute atomic E-state index is 5.85. The standard InChI is InChI=1S/C15H31NO/c1-6-10-12(7-2)16-13-11-14(17-9-4)15(13,5)8-3/h12-14,16H,6-11H2,1-5H3.